The lowest BCUT2D eigenvalue weighted by Gasteiger charge is -2.17. The van der Waals surface area contributed by atoms with E-state index in [0.717, 1.165) is 0 Å². The molecule has 0 unspecified atom stereocenters. The smallest absolute Gasteiger partial charge is 0.238 e. The summed E-state index contributed by atoms with van der Waals surface area (Å²) in [6, 6.07) is 4.99. The summed E-state index contributed by atoms with van der Waals surface area (Å²) in [5.41, 5.74) is 6.81. The van der Waals surface area contributed by atoms with E-state index < -0.39 is 0 Å². The van der Waals surface area contributed by atoms with Crippen LogP contribution < -0.4 is 11.1 Å². The van der Waals surface area contributed by atoms with Crippen LogP contribution in [0.2, 0.25) is 5.02 Å². The Bertz CT molecular complexity index is 452. The van der Waals surface area contributed by atoms with Gasteiger partial charge in [0.15, 0.2) is 0 Å². The lowest BCUT2D eigenvalue weighted by atomic mass is 10.2. The average Bonchev–Trinajstić information content (AvgIpc) is 2.32. The third kappa shape index (κ3) is 6.23. The molecule has 1 rings (SSSR count). The molecule has 20 heavy (non-hydrogen) atoms. The molecule has 112 valence electrons. The number of hydrogen-bond acceptors (Lipinski definition) is 4. The molecule has 0 atom stereocenters. The van der Waals surface area contributed by atoms with Crippen LogP contribution in [0, 0.1) is 0 Å². The molecule has 0 aliphatic carbocycles. The maximum absolute atomic E-state index is 11.9. The lowest BCUT2D eigenvalue weighted by molar-refractivity contribution is -0.117. The van der Waals surface area contributed by atoms with Crippen molar-refractivity contribution in [2.45, 2.75) is 20.0 Å². The van der Waals surface area contributed by atoms with Crippen molar-refractivity contribution in [3.05, 3.63) is 23.2 Å². The predicted molar refractivity (Wildman–Crippen MR) is 83.1 cm³/mol. The highest BCUT2D eigenvalue weighted by Crippen LogP contribution is 2.22. The summed E-state index contributed by atoms with van der Waals surface area (Å²) in [5.74, 6) is -0.119. The first-order valence-corrected chi connectivity index (χ1v) is 6.91. The van der Waals surface area contributed by atoms with Crippen molar-refractivity contribution >= 4 is 28.9 Å². The quantitative estimate of drug-likeness (QED) is 0.758. The molecule has 3 N–H and O–H groups in total. The van der Waals surface area contributed by atoms with Gasteiger partial charge >= 0.3 is 0 Å². The Balaban J connectivity index is 2.39. The highest BCUT2D eigenvalue weighted by molar-refractivity contribution is 6.31. The van der Waals surface area contributed by atoms with Gasteiger partial charge < -0.3 is 15.8 Å². The van der Waals surface area contributed by atoms with Gasteiger partial charge in [-0.15, -0.1) is 0 Å². The zero-order chi connectivity index (χ0) is 15.1. The predicted octanol–water partition coefficient (Wildman–Crippen LogP) is 2.22. The molecule has 0 radical (unpaired) electrons. The number of rotatable bonds is 7. The second-order valence-electron chi connectivity index (χ2n) is 4.94. The van der Waals surface area contributed by atoms with Crippen molar-refractivity contribution in [3.8, 4) is 0 Å². The van der Waals surface area contributed by atoms with Crippen molar-refractivity contribution in [1.29, 1.82) is 0 Å². The summed E-state index contributed by atoms with van der Waals surface area (Å²) in [6.45, 7) is 5.54. The molecule has 0 aromatic heterocycles. The van der Waals surface area contributed by atoms with Gasteiger partial charge in [0.1, 0.15) is 0 Å². The number of anilines is 2. The molecule has 0 heterocycles. The number of nitrogens with zero attached hydrogens (tertiary/aromatic N) is 1. The lowest BCUT2D eigenvalue weighted by Crippen LogP contribution is -2.33. The monoisotopic (exact) mass is 299 g/mol. The number of halogens is 1. The number of carbonyl (C=O) groups excluding carboxylic acids is 1. The number of nitrogens with two attached hydrogens (primary N) is 1. The molecule has 1 amide bonds. The Morgan fingerprint density at radius 2 is 2.20 bits per heavy atom. The minimum absolute atomic E-state index is 0.119. The molecule has 1 aromatic carbocycles. The zero-order valence-corrected chi connectivity index (χ0v) is 12.9. The molecule has 0 saturated carbocycles. The van der Waals surface area contributed by atoms with E-state index in [1.54, 1.807) is 18.2 Å². The van der Waals surface area contributed by atoms with E-state index in [0.29, 0.717) is 29.5 Å². The molecule has 0 bridgehead atoms. The van der Waals surface area contributed by atoms with Gasteiger partial charge in [-0.1, -0.05) is 11.6 Å². The Kier molecular flexibility index (Phi) is 6.78. The highest BCUT2D eigenvalue weighted by Gasteiger charge is 2.09. The van der Waals surface area contributed by atoms with Crippen molar-refractivity contribution < 1.29 is 9.53 Å². The third-order valence-corrected chi connectivity index (χ3v) is 2.86. The summed E-state index contributed by atoms with van der Waals surface area (Å²) >= 11 is 5.81. The van der Waals surface area contributed by atoms with E-state index in [9.17, 15) is 4.79 Å². The normalized spacial score (nSPS) is 11.1. The molecule has 6 heteroatoms. The van der Waals surface area contributed by atoms with Gasteiger partial charge in [-0.2, -0.15) is 0 Å². The molecule has 5 nitrogen and oxygen atoms in total. The Hall–Kier alpha value is -1.30. The summed E-state index contributed by atoms with van der Waals surface area (Å²) in [4.78, 5) is 13.8. The fourth-order valence-electron chi connectivity index (χ4n) is 1.61. The summed E-state index contributed by atoms with van der Waals surface area (Å²) in [7, 11) is 1.87. The van der Waals surface area contributed by atoms with Gasteiger partial charge in [0, 0.05) is 11.6 Å². The minimum atomic E-state index is -0.119. The SMILES string of the molecule is CC(C)OCCN(C)CC(=O)Nc1ccc(Cl)cc1N. The summed E-state index contributed by atoms with van der Waals surface area (Å²) in [5, 5.41) is 3.31. The maximum atomic E-state index is 11.9. The van der Waals surface area contributed by atoms with Crippen LogP contribution in [0.5, 0.6) is 0 Å². The molecule has 0 aliphatic heterocycles. The summed E-state index contributed by atoms with van der Waals surface area (Å²) in [6.07, 6.45) is 0.200. The Morgan fingerprint density at radius 1 is 1.50 bits per heavy atom. The van der Waals surface area contributed by atoms with E-state index in [1.165, 1.54) is 0 Å². The van der Waals surface area contributed by atoms with Crippen molar-refractivity contribution in [1.82, 2.24) is 4.90 Å². The number of ether oxygens (including phenoxy) is 1. The molecular weight excluding hydrogens is 278 g/mol. The standard InChI is InChI=1S/C14H22ClN3O2/c1-10(2)20-7-6-18(3)9-14(19)17-13-5-4-11(15)8-12(13)16/h4-5,8,10H,6-7,9,16H2,1-3H3,(H,17,19). The molecule has 0 saturated heterocycles. The van der Waals surface area contributed by atoms with Crippen molar-refractivity contribution in [2.24, 2.45) is 0 Å². The van der Waals surface area contributed by atoms with Gasteiger partial charge in [-0.3, -0.25) is 9.69 Å². The number of amides is 1. The van der Waals surface area contributed by atoms with Crippen LogP contribution in [0.3, 0.4) is 0 Å². The molecule has 0 aliphatic rings. The first-order chi connectivity index (χ1) is 9.38. The second kappa shape index (κ2) is 8.09. The maximum Gasteiger partial charge on any atom is 0.238 e. The molecule has 0 fully saturated rings. The average molecular weight is 300 g/mol. The summed E-state index contributed by atoms with van der Waals surface area (Å²) < 4.78 is 5.44. The van der Waals surface area contributed by atoms with Crippen LogP contribution in [-0.2, 0) is 9.53 Å². The van der Waals surface area contributed by atoms with Gasteiger partial charge in [-0.05, 0) is 39.1 Å². The van der Waals surface area contributed by atoms with Gasteiger partial charge in [0.2, 0.25) is 5.91 Å². The number of nitrogens with one attached hydrogen (secondary N) is 1. The largest absolute Gasteiger partial charge is 0.397 e. The number of hydrogen-bond donors (Lipinski definition) is 2. The van der Waals surface area contributed by atoms with Gasteiger partial charge in [0.05, 0.1) is 30.6 Å². The van der Waals surface area contributed by atoms with Crippen LogP contribution in [0.25, 0.3) is 0 Å². The van der Waals surface area contributed by atoms with Crippen LogP contribution in [0.15, 0.2) is 18.2 Å². The highest BCUT2D eigenvalue weighted by atomic mass is 35.5. The van der Waals surface area contributed by atoms with E-state index in [1.807, 2.05) is 25.8 Å². The van der Waals surface area contributed by atoms with Crippen LogP contribution in [0.1, 0.15) is 13.8 Å². The molecule has 0 spiro atoms. The Morgan fingerprint density at radius 3 is 2.80 bits per heavy atom. The van der Waals surface area contributed by atoms with Crippen molar-refractivity contribution in [3.63, 3.8) is 0 Å². The number of nitrogen functional groups attached to an aromatic ring is 1. The molecular formula is C14H22ClN3O2. The van der Waals surface area contributed by atoms with E-state index in [2.05, 4.69) is 5.32 Å². The number of carbonyl (C=O) groups is 1. The van der Waals surface area contributed by atoms with Crippen LogP contribution >= 0.6 is 11.6 Å². The fourth-order valence-corrected chi connectivity index (χ4v) is 1.79. The van der Waals surface area contributed by atoms with Gasteiger partial charge in [0.25, 0.3) is 0 Å². The second-order valence-corrected chi connectivity index (χ2v) is 5.37. The number of benzene rings is 1. The fraction of sp³-hybridized carbons (Fsp3) is 0.500. The topological polar surface area (TPSA) is 67.6 Å². The number of likely N-dealkylation sites (N-methyl/N-ethyl adjacent to an activating group) is 1. The Labute approximate surface area is 125 Å². The van der Waals surface area contributed by atoms with Crippen LogP contribution in [-0.4, -0.2) is 43.7 Å². The third-order valence-electron chi connectivity index (χ3n) is 2.63. The van der Waals surface area contributed by atoms with E-state index in [-0.39, 0.29) is 18.6 Å². The first kappa shape index (κ1) is 16.8. The first-order valence-electron chi connectivity index (χ1n) is 6.53. The zero-order valence-electron chi connectivity index (χ0n) is 12.1. The van der Waals surface area contributed by atoms with Gasteiger partial charge in [-0.25, -0.2) is 0 Å². The van der Waals surface area contributed by atoms with E-state index >= 15 is 0 Å². The van der Waals surface area contributed by atoms with E-state index in [4.69, 9.17) is 22.1 Å². The van der Waals surface area contributed by atoms with Crippen molar-refractivity contribution in [2.75, 3.05) is 37.8 Å². The van der Waals surface area contributed by atoms with Crippen LogP contribution in [0.4, 0.5) is 11.4 Å². The molecule has 1 aromatic rings. The minimum Gasteiger partial charge on any atom is -0.397 e.